The van der Waals surface area contributed by atoms with Crippen LogP contribution in [0.5, 0.6) is 0 Å². The third kappa shape index (κ3) is 2.51. The van der Waals surface area contributed by atoms with Crippen molar-refractivity contribution in [1.82, 2.24) is 0 Å². The first-order valence-electron chi connectivity index (χ1n) is 6.57. The van der Waals surface area contributed by atoms with Crippen molar-refractivity contribution >= 4 is 37.0 Å². The van der Waals surface area contributed by atoms with E-state index in [-0.39, 0.29) is 0 Å². The Morgan fingerprint density at radius 2 is 0.700 bits per heavy atom. The third-order valence-electron chi connectivity index (χ3n) is 3.34. The van der Waals surface area contributed by atoms with E-state index in [1.165, 1.54) is 10.5 Å². The van der Waals surface area contributed by atoms with Crippen LogP contribution in [0.2, 0.25) is 0 Å². The van der Waals surface area contributed by atoms with Crippen LogP contribution < -0.4 is 10.5 Å². The third-order valence-corrected chi connectivity index (χ3v) is 15.9. The predicted molar refractivity (Wildman–Crippen MR) is 89.8 cm³/mol. The molecule has 0 saturated carbocycles. The molecular weight excluding hydrogens is 373 g/mol. The molecule has 3 aromatic rings. The molecule has 0 bridgehead atoms. The Hall–Kier alpha value is -1.23. The van der Waals surface area contributed by atoms with Gasteiger partial charge in [-0.05, 0) is 0 Å². The predicted octanol–water partition coefficient (Wildman–Crippen LogP) is 2.89. The summed E-state index contributed by atoms with van der Waals surface area (Å²) >= 11 is -3.18. The molecule has 99 valence electrons. The second-order valence-corrected chi connectivity index (χ2v) is 15.8. The van der Waals surface area contributed by atoms with Crippen molar-refractivity contribution in [3.05, 3.63) is 91.0 Å². The molecule has 0 aromatic heterocycles. The number of hydrogen-bond donors (Lipinski definition) is 0. The summed E-state index contributed by atoms with van der Waals surface area (Å²) in [5, 5.41) is 0. The van der Waals surface area contributed by atoms with Crippen LogP contribution in [0.15, 0.2) is 91.0 Å². The Kier molecular flexibility index (Phi) is 4.15. The van der Waals surface area contributed by atoms with E-state index in [0.29, 0.717) is 0 Å². The number of rotatable bonds is 3. The average Bonchev–Trinajstić information content (AvgIpc) is 2.56. The molecule has 3 aromatic carbocycles. The molecule has 0 saturated heterocycles. The first-order chi connectivity index (χ1) is 9.82. The van der Waals surface area contributed by atoms with E-state index in [0.717, 1.165) is 0 Å². The fourth-order valence-corrected chi connectivity index (χ4v) is 12.2. The summed E-state index contributed by atoms with van der Waals surface area (Å²) < 4.78 is 3.85. The molecule has 3 rings (SSSR count). The first kappa shape index (κ1) is 13.7. The van der Waals surface area contributed by atoms with Crippen molar-refractivity contribution in [2.45, 2.75) is 0 Å². The summed E-state index contributed by atoms with van der Waals surface area (Å²) in [7, 11) is 7.32. The van der Waals surface area contributed by atoms with Gasteiger partial charge in [0.15, 0.2) is 0 Å². The summed E-state index contributed by atoms with van der Waals surface area (Å²) in [5.74, 6) is 0. The minimum absolute atomic E-state index is 1.28. The van der Waals surface area contributed by atoms with E-state index >= 15 is 0 Å². The monoisotopic (exact) mass is 387 g/mol. The van der Waals surface area contributed by atoms with Gasteiger partial charge in [0.2, 0.25) is 0 Å². The first-order valence-corrected chi connectivity index (χ1v) is 13.6. The van der Waals surface area contributed by atoms with E-state index in [1.54, 1.807) is 0 Å². The molecule has 0 aliphatic rings. The van der Waals surface area contributed by atoms with Gasteiger partial charge in [0.05, 0.1) is 0 Å². The molecule has 0 atom stereocenters. The molecule has 0 aliphatic heterocycles. The quantitative estimate of drug-likeness (QED) is 0.606. The maximum atomic E-state index is 7.32. The van der Waals surface area contributed by atoms with Crippen molar-refractivity contribution in [1.29, 1.82) is 0 Å². The summed E-state index contributed by atoms with van der Waals surface area (Å²) in [4.78, 5) is 0. The van der Waals surface area contributed by atoms with Gasteiger partial charge in [-0.2, -0.15) is 0 Å². The van der Waals surface area contributed by atoms with E-state index in [2.05, 4.69) is 72.8 Å². The Balaban J connectivity index is 2.24. The molecule has 0 nitrogen and oxygen atoms in total. The Bertz CT molecular complexity index is 569. The Morgan fingerprint density at radius 3 is 0.950 bits per heavy atom. The molecule has 0 unspecified atom stereocenters. The summed E-state index contributed by atoms with van der Waals surface area (Å²) in [6.45, 7) is 0. The molecular formula is C18H15ClSb. The van der Waals surface area contributed by atoms with Crippen LogP contribution >= 0.6 is 8.83 Å². The normalized spacial score (nSPS) is 11.2. The molecule has 0 heterocycles. The average molecular weight is 389 g/mol. The van der Waals surface area contributed by atoms with E-state index < -0.39 is 17.7 Å². The van der Waals surface area contributed by atoms with Gasteiger partial charge in [-0.3, -0.25) is 0 Å². The van der Waals surface area contributed by atoms with Crippen LogP contribution in [-0.2, 0) is 0 Å². The zero-order valence-electron chi connectivity index (χ0n) is 11.0. The van der Waals surface area contributed by atoms with Gasteiger partial charge in [0.25, 0.3) is 0 Å². The van der Waals surface area contributed by atoms with Gasteiger partial charge in [-0.25, -0.2) is 0 Å². The molecule has 0 spiro atoms. The summed E-state index contributed by atoms with van der Waals surface area (Å²) in [5.41, 5.74) is 0. The van der Waals surface area contributed by atoms with Gasteiger partial charge in [0.1, 0.15) is 0 Å². The van der Waals surface area contributed by atoms with Crippen LogP contribution in [0.4, 0.5) is 0 Å². The molecule has 1 radical (unpaired) electrons. The fraction of sp³-hybridized carbons (Fsp3) is 0. The maximum absolute atomic E-state index is 7.32. The molecule has 0 aliphatic carbocycles. The van der Waals surface area contributed by atoms with Crippen LogP contribution in [0, 0.1) is 0 Å². The van der Waals surface area contributed by atoms with Gasteiger partial charge < -0.3 is 0 Å². The number of hydrogen-bond acceptors (Lipinski definition) is 0. The van der Waals surface area contributed by atoms with Crippen molar-refractivity contribution < 1.29 is 0 Å². The summed E-state index contributed by atoms with van der Waals surface area (Å²) in [6.07, 6.45) is 0. The van der Waals surface area contributed by atoms with Crippen LogP contribution in [0.1, 0.15) is 0 Å². The number of halogens is 1. The summed E-state index contributed by atoms with van der Waals surface area (Å²) in [6, 6.07) is 31.6. The molecule has 0 amide bonds. The molecule has 2 heteroatoms. The molecule has 0 fully saturated rings. The second-order valence-electron chi connectivity index (χ2n) is 4.60. The van der Waals surface area contributed by atoms with Gasteiger partial charge in [-0.1, -0.05) is 0 Å². The Labute approximate surface area is 127 Å². The van der Waals surface area contributed by atoms with Gasteiger partial charge >= 0.3 is 128 Å². The second kappa shape index (κ2) is 6.04. The van der Waals surface area contributed by atoms with Crippen molar-refractivity contribution in [3.63, 3.8) is 0 Å². The fourth-order valence-electron chi connectivity index (χ4n) is 2.35. The van der Waals surface area contributed by atoms with Crippen LogP contribution in [-0.4, -0.2) is 17.7 Å². The number of benzene rings is 3. The van der Waals surface area contributed by atoms with Crippen molar-refractivity contribution in [3.8, 4) is 0 Å². The zero-order chi connectivity index (χ0) is 13.8. The minimum atomic E-state index is -3.18. The standard InChI is InChI=1S/3C6H5.ClH.Sb/c3*1-2-4-6-5-3-1;;/h3*1-5H;1H;/q;;;;+1/p-1. The SMILES string of the molecule is [Cl][Sb]([c]1ccccc1)([c]1ccccc1)[c]1ccccc1. The molecule has 20 heavy (non-hydrogen) atoms. The van der Waals surface area contributed by atoms with E-state index in [9.17, 15) is 0 Å². The van der Waals surface area contributed by atoms with Crippen molar-refractivity contribution in [2.24, 2.45) is 0 Å². The van der Waals surface area contributed by atoms with Crippen LogP contribution in [0.25, 0.3) is 0 Å². The zero-order valence-corrected chi connectivity index (χ0v) is 14.3. The van der Waals surface area contributed by atoms with Gasteiger partial charge in [0, 0.05) is 0 Å². The topological polar surface area (TPSA) is 0 Å². The van der Waals surface area contributed by atoms with Crippen molar-refractivity contribution in [2.75, 3.05) is 0 Å². The van der Waals surface area contributed by atoms with E-state index in [1.807, 2.05) is 18.2 Å². The van der Waals surface area contributed by atoms with Crippen LogP contribution in [0.3, 0.4) is 0 Å². The Morgan fingerprint density at radius 1 is 0.450 bits per heavy atom. The van der Waals surface area contributed by atoms with E-state index in [4.69, 9.17) is 8.83 Å². The molecule has 0 N–H and O–H groups in total. The van der Waals surface area contributed by atoms with Gasteiger partial charge in [-0.15, -0.1) is 0 Å².